The van der Waals surface area contributed by atoms with Crippen LogP contribution in [0.15, 0.2) is 0 Å². The molecule has 0 aromatic carbocycles. The lowest BCUT2D eigenvalue weighted by Gasteiger charge is -2.28. The molecule has 2 fully saturated rings. The number of likely N-dealkylation sites (tertiary alicyclic amines) is 1. The fourth-order valence-electron chi connectivity index (χ4n) is 2.20. The van der Waals surface area contributed by atoms with E-state index in [1.54, 1.807) is 0 Å². The first-order valence-corrected chi connectivity index (χ1v) is 6.81. The number of nitrogens with one attached hydrogen (secondary N) is 1. The molecular weight excluding hydrogens is 252 g/mol. The Balaban J connectivity index is 1.87. The standard InChI is InChI=1S/C12H18N2O3S/c1-14-10(16)3-2-8(11(14)17)13-9(15)6-12(7-18)4-5-12/h8,18H,2-7H2,1H3,(H,13,15). The first-order valence-electron chi connectivity index (χ1n) is 6.18. The third-order valence-electron chi connectivity index (χ3n) is 3.81. The number of nitrogens with zero attached hydrogens (tertiary/aromatic N) is 1. The van der Waals surface area contributed by atoms with Gasteiger partial charge in [0.15, 0.2) is 0 Å². The number of thiol groups is 1. The summed E-state index contributed by atoms with van der Waals surface area (Å²) in [6, 6.07) is -0.545. The first-order chi connectivity index (χ1) is 8.47. The molecular formula is C12H18N2O3S. The summed E-state index contributed by atoms with van der Waals surface area (Å²) >= 11 is 4.25. The minimum Gasteiger partial charge on any atom is -0.344 e. The van der Waals surface area contributed by atoms with Gasteiger partial charge in [0.1, 0.15) is 6.04 Å². The number of hydrogen-bond donors (Lipinski definition) is 2. The van der Waals surface area contributed by atoms with Crippen LogP contribution >= 0.6 is 12.6 Å². The molecule has 1 heterocycles. The van der Waals surface area contributed by atoms with E-state index in [1.807, 2.05) is 0 Å². The second-order valence-electron chi connectivity index (χ2n) is 5.28. The highest BCUT2D eigenvalue weighted by Gasteiger charge is 2.43. The van der Waals surface area contributed by atoms with Gasteiger partial charge in [-0.25, -0.2) is 0 Å². The lowest BCUT2D eigenvalue weighted by molar-refractivity contribution is -0.149. The van der Waals surface area contributed by atoms with Crippen LogP contribution in [0.25, 0.3) is 0 Å². The van der Waals surface area contributed by atoms with Gasteiger partial charge in [-0.1, -0.05) is 0 Å². The number of carbonyl (C=O) groups is 3. The van der Waals surface area contributed by atoms with E-state index in [2.05, 4.69) is 17.9 Å². The third kappa shape index (κ3) is 2.68. The van der Waals surface area contributed by atoms with Gasteiger partial charge in [-0.05, 0) is 30.4 Å². The molecule has 1 N–H and O–H groups in total. The van der Waals surface area contributed by atoms with Crippen LogP contribution in [0.4, 0.5) is 0 Å². The van der Waals surface area contributed by atoms with Crippen molar-refractivity contribution in [2.24, 2.45) is 5.41 Å². The Morgan fingerprint density at radius 2 is 2.17 bits per heavy atom. The van der Waals surface area contributed by atoms with Gasteiger partial charge >= 0.3 is 0 Å². The van der Waals surface area contributed by atoms with Crippen LogP contribution < -0.4 is 5.32 Å². The van der Waals surface area contributed by atoms with Crippen molar-refractivity contribution in [3.05, 3.63) is 0 Å². The van der Waals surface area contributed by atoms with E-state index >= 15 is 0 Å². The molecule has 0 aromatic heterocycles. The van der Waals surface area contributed by atoms with Crippen LogP contribution in [0.3, 0.4) is 0 Å². The fraction of sp³-hybridized carbons (Fsp3) is 0.750. The van der Waals surface area contributed by atoms with Crippen molar-refractivity contribution in [3.63, 3.8) is 0 Å². The van der Waals surface area contributed by atoms with Gasteiger partial charge in [0, 0.05) is 19.9 Å². The Labute approximate surface area is 112 Å². The van der Waals surface area contributed by atoms with E-state index in [0.29, 0.717) is 25.0 Å². The maximum Gasteiger partial charge on any atom is 0.251 e. The Kier molecular flexibility index (Phi) is 3.66. The van der Waals surface area contributed by atoms with Gasteiger partial charge in [-0.15, -0.1) is 0 Å². The summed E-state index contributed by atoms with van der Waals surface area (Å²) in [6.45, 7) is 0. The van der Waals surface area contributed by atoms with Gasteiger partial charge in [-0.3, -0.25) is 19.3 Å². The zero-order valence-electron chi connectivity index (χ0n) is 10.4. The van der Waals surface area contributed by atoms with Gasteiger partial charge < -0.3 is 5.32 Å². The lowest BCUT2D eigenvalue weighted by Crippen LogP contribution is -2.53. The molecule has 1 saturated heterocycles. The van der Waals surface area contributed by atoms with E-state index in [-0.39, 0.29) is 23.1 Å². The summed E-state index contributed by atoms with van der Waals surface area (Å²) in [5, 5.41) is 2.73. The average molecular weight is 270 g/mol. The normalized spacial score (nSPS) is 26.1. The van der Waals surface area contributed by atoms with Crippen molar-refractivity contribution in [3.8, 4) is 0 Å². The minimum atomic E-state index is -0.545. The summed E-state index contributed by atoms with van der Waals surface area (Å²) < 4.78 is 0. The van der Waals surface area contributed by atoms with E-state index in [1.165, 1.54) is 7.05 Å². The van der Waals surface area contributed by atoms with Crippen molar-refractivity contribution in [1.82, 2.24) is 10.2 Å². The van der Waals surface area contributed by atoms with Crippen LogP contribution in [0.2, 0.25) is 0 Å². The molecule has 2 aliphatic rings. The molecule has 18 heavy (non-hydrogen) atoms. The molecule has 1 aliphatic heterocycles. The fourth-order valence-corrected chi connectivity index (χ4v) is 2.63. The van der Waals surface area contributed by atoms with Crippen molar-refractivity contribution >= 4 is 30.4 Å². The quantitative estimate of drug-likeness (QED) is 0.572. The molecule has 1 saturated carbocycles. The maximum atomic E-state index is 11.9. The van der Waals surface area contributed by atoms with Gasteiger partial charge in [0.2, 0.25) is 11.8 Å². The SMILES string of the molecule is CN1C(=O)CCC(NC(=O)CC2(CS)CC2)C1=O. The Bertz CT molecular complexity index is 393. The van der Waals surface area contributed by atoms with Gasteiger partial charge in [0.05, 0.1) is 0 Å². The lowest BCUT2D eigenvalue weighted by atomic mass is 10.0. The topological polar surface area (TPSA) is 66.5 Å². The van der Waals surface area contributed by atoms with Crippen LogP contribution in [0.5, 0.6) is 0 Å². The third-order valence-corrected chi connectivity index (χ3v) is 4.48. The second kappa shape index (κ2) is 4.91. The molecule has 6 heteroatoms. The summed E-state index contributed by atoms with van der Waals surface area (Å²) in [5.41, 5.74) is 0.0482. The molecule has 100 valence electrons. The monoisotopic (exact) mass is 270 g/mol. The number of carbonyl (C=O) groups excluding carboxylic acids is 3. The Morgan fingerprint density at radius 1 is 1.50 bits per heavy atom. The van der Waals surface area contributed by atoms with Crippen molar-refractivity contribution < 1.29 is 14.4 Å². The molecule has 0 spiro atoms. The Morgan fingerprint density at radius 3 is 2.72 bits per heavy atom. The molecule has 0 bridgehead atoms. The molecule has 2 rings (SSSR count). The summed E-state index contributed by atoms with van der Waals surface area (Å²) in [6.07, 6.45) is 3.20. The average Bonchev–Trinajstić information content (AvgIpc) is 3.10. The predicted octanol–water partition coefficient (Wildman–Crippen LogP) is 0.350. The van der Waals surface area contributed by atoms with Gasteiger partial charge in [0.25, 0.3) is 5.91 Å². The molecule has 1 atom stereocenters. The largest absolute Gasteiger partial charge is 0.344 e. The van der Waals surface area contributed by atoms with Crippen LogP contribution in [-0.2, 0) is 14.4 Å². The number of piperidine rings is 1. The molecule has 1 unspecified atom stereocenters. The van der Waals surface area contributed by atoms with Gasteiger partial charge in [-0.2, -0.15) is 12.6 Å². The highest BCUT2D eigenvalue weighted by molar-refractivity contribution is 7.80. The van der Waals surface area contributed by atoms with Crippen molar-refractivity contribution in [2.45, 2.75) is 38.1 Å². The molecule has 3 amide bonds. The summed E-state index contributed by atoms with van der Waals surface area (Å²) in [5.74, 6) is 0.106. The molecule has 0 aromatic rings. The number of imide groups is 1. The van der Waals surface area contributed by atoms with Crippen LogP contribution in [0, 0.1) is 5.41 Å². The predicted molar refractivity (Wildman–Crippen MR) is 69.1 cm³/mol. The summed E-state index contributed by atoms with van der Waals surface area (Å²) in [4.78, 5) is 36.1. The van der Waals surface area contributed by atoms with E-state index in [4.69, 9.17) is 0 Å². The second-order valence-corrected chi connectivity index (χ2v) is 5.60. The zero-order valence-corrected chi connectivity index (χ0v) is 11.3. The van der Waals surface area contributed by atoms with Crippen molar-refractivity contribution in [1.29, 1.82) is 0 Å². The molecule has 5 nitrogen and oxygen atoms in total. The van der Waals surface area contributed by atoms with Crippen molar-refractivity contribution in [2.75, 3.05) is 12.8 Å². The van der Waals surface area contributed by atoms with Crippen LogP contribution in [0.1, 0.15) is 32.1 Å². The van der Waals surface area contributed by atoms with E-state index < -0.39 is 6.04 Å². The first kappa shape index (κ1) is 13.4. The number of hydrogen-bond acceptors (Lipinski definition) is 4. The van der Waals surface area contributed by atoms with Crippen LogP contribution in [-0.4, -0.2) is 41.5 Å². The number of amides is 3. The molecule has 0 radical (unpaired) electrons. The smallest absolute Gasteiger partial charge is 0.251 e. The maximum absolute atomic E-state index is 11.9. The van der Waals surface area contributed by atoms with E-state index in [9.17, 15) is 14.4 Å². The highest BCUT2D eigenvalue weighted by Crippen LogP contribution is 2.49. The van der Waals surface area contributed by atoms with E-state index in [0.717, 1.165) is 17.7 Å². The number of likely N-dealkylation sites (N-methyl/N-ethyl adjacent to an activating group) is 1. The summed E-state index contributed by atoms with van der Waals surface area (Å²) in [7, 11) is 1.46. The Hall–Kier alpha value is -1.04. The highest BCUT2D eigenvalue weighted by atomic mass is 32.1. The molecule has 1 aliphatic carbocycles. The minimum absolute atomic E-state index is 0.0482. The number of rotatable bonds is 4. The zero-order chi connectivity index (χ0) is 13.3.